The molecule has 42 heavy (non-hydrogen) atoms. The van der Waals surface area contributed by atoms with Crippen LogP contribution in [-0.2, 0) is 9.47 Å². The summed E-state index contributed by atoms with van der Waals surface area (Å²) in [4.78, 5) is 19.5. The number of piperazine rings is 1. The molecule has 11 heteroatoms. The molecule has 0 bridgehead atoms. The maximum atomic E-state index is 13.8. The standard InChI is InChI=1S/C31H41FN8O2/c32-25-5-1-4-24(22-25)28-7-3-12-40(28)29(34)9-10-30-35-23-27(36-30)26-6-2-8-31(37-26)39-15-13-38(14-16-39)17-19-42-21-20-41-18-11-33/h1-2,4-6,8-10,22-23,28,34H,3,7,11-21,33H2,(H,35,36). The average Bonchev–Trinajstić information content (AvgIpc) is 3.71. The Kier molecular flexibility index (Phi) is 10.7. The molecule has 4 heterocycles. The molecule has 2 aliphatic heterocycles. The van der Waals surface area contributed by atoms with E-state index in [0.717, 1.165) is 74.9 Å². The molecule has 1 atom stereocenters. The first kappa shape index (κ1) is 29.8. The van der Waals surface area contributed by atoms with E-state index in [4.69, 9.17) is 25.6 Å². The quantitative estimate of drug-likeness (QED) is 0.161. The number of hydrogen-bond acceptors (Lipinski definition) is 8. The van der Waals surface area contributed by atoms with Crippen molar-refractivity contribution in [1.82, 2.24) is 24.8 Å². The highest BCUT2D eigenvalue weighted by Crippen LogP contribution is 2.32. The molecule has 2 aliphatic rings. The number of aromatic nitrogens is 3. The number of benzene rings is 1. The van der Waals surface area contributed by atoms with Gasteiger partial charge in [-0.2, -0.15) is 0 Å². The van der Waals surface area contributed by atoms with E-state index >= 15 is 0 Å². The fraction of sp³-hybridized carbons (Fsp3) is 0.452. The maximum Gasteiger partial charge on any atom is 0.130 e. The Bertz CT molecular complexity index is 1320. The van der Waals surface area contributed by atoms with E-state index in [1.807, 2.05) is 35.2 Å². The zero-order chi connectivity index (χ0) is 29.1. The number of nitrogens with one attached hydrogen (secondary N) is 2. The molecular weight excluding hydrogens is 535 g/mol. The molecule has 224 valence electrons. The number of nitrogens with zero attached hydrogens (tertiary/aromatic N) is 5. The lowest BCUT2D eigenvalue weighted by Gasteiger charge is -2.35. The topological polar surface area (TPSA) is 120 Å². The molecule has 2 aromatic heterocycles. The van der Waals surface area contributed by atoms with Crippen LogP contribution in [0.4, 0.5) is 10.2 Å². The van der Waals surface area contributed by atoms with Crippen LogP contribution < -0.4 is 10.6 Å². The summed E-state index contributed by atoms with van der Waals surface area (Å²) in [5, 5.41) is 8.64. The second-order valence-corrected chi connectivity index (χ2v) is 10.5. The van der Waals surface area contributed by atoms with E-state index in [1.165, 1.54) is 6.07 Å². The molecule has 4 N–H and O–H groups in total. The molecule has 0 saturated carbocycles. The van der Waals surface area contributed by atoms with Crippen LogP contribution in [0.15, 0.2) is 54.7 Å². The number of likely N-dealkylation sites (tertiary alicyclic amines) is 1. The maximum absolute atomic E-state index is 13.8. The predicted octanol–water partition coefficient (Wildman–Crippen LogP) is 3.55. The van der Waals surface area contributed by atoms with Crippen molar-refractivity contribution < 1.29 is 13.9 Å². The third-order valence-corrected chi connectivity index (χ3v) is 7.68. The number of anilines is 1. The van der Waals surface area contributed by atoms with E-state index in [0.29, 0.717) is 44.6 Å². The molecule has 5 rings (SSSR count). The summed E-state index contributed by atoms with van der Waals surface area (Å²) >= 11 is 0. The van der Waals surface area contributed by atoms with Gasteiger partial charge in [-0.3, -0.25) is 10.3 Å². The fourth-order valence-corrected chi connectivity index (χ4v) is 5.47. The van der Waals surface area contributed by atoms with Crippen LogP contribution in [0.3, 0.4) is 0 Å². The number of nitrogens with two attached hydrogens (primary N) is 1. The number of pyridine rings is 1. The highest BCUT2D eigenvalue weighted by molar-refractivity contribution is 5.94. The lowest BCUT2D eigenvalue weighted by molar-refractivity contribution is 0.0405. The van der Waals surface area contributed by atoms with Crippen molar-refractivity contribution in [2.24, 2.45) is 5.73 Å². The molecule has 10 nitrogen and oxygen atoms in total. The van der Waals surface area contributed by atoms with E-state index in [1.54, 1.807) is 24.4 Å². The molecule has 2 fully saturated rings. The Morgan fingerprint density at radius 3 is 2.67 bits per heavy atom. The molecule has 0 aliphatic carbocycles. The normalized spacial score (nSPS) is 17.9. The van der Waals surface area contributed by atoms with E-state index < -0.39 is 0 Å². The molecule has 0 spiro atoms. The van der Waals surface area contributed by atoms with E-state index in [2.05, 4.69) is 19.8 Å². The van der Waals surface area contributed by atoms with Gasteiger partial charge in [0.05, 0.1) is 50.1 Å². The van der Waals surface area contributed by atoms with Crippen molar-refractivity contribution in [3.05, 3.63) is 71.9 Å². The monoisotopic (exact) mass is 576 g/mol. The number of rotatable bonds is 13. The Morgan fingerprint density at radius 1 is 1.05 bits per heavy atom. The first-order chi connectivity index (χ1) is 20.6. The second-order valence-electron chi connectivity index (χ2n) is 10.5. The van der Waals surface area contributed by atoms with Gasteiger partial charge in [-0.05, 0) is 54.8 Å². The lowest BCUT2D eigenvalue weighted by atomic mass is 10.0. The summed E-state index contributed by atoms with van der Waals surface area (Å²) in [6.45, 7) is 8.40. The van der Waals surface area contributed by atoms with Crippen molar-refractivity contribution in [2.45, 2.75) is 18.9 Å². The van der Waals surface area contributed by atoms with Gasteiger partial charge in [-0.15, -0.1) is 0 Å². The summed E-state index contributed by atoms with van der Waals surface area (Å²) in [6, 6.07) is 12.8. The number of amidine groups is 1. The van der Waals surface area contributed by atoms with Crippen LogP contribution in [0.2, 0.25) is 0 Å². The number of aromatic amines is 1. The van der Waals surface area contributed by atoms with Gasteiger partial charge in [0, 0.05) is 45.8 Å². The van der Waals surface area contributed by atoms with Gasteiger partial charge in [0.2, 0.25) is 0 Å². The summed E-state index contributed by atoms with van der Waals surface area (Å²) < 4.78 is 24.8. The molecular formula is C31H41FN8O2. The van der Waals surface area contributed by atoms with E-state index in [-0.39, 0.29) is 11.9 Å². The second kappa shape index (κ2) is 15.0. The number of halogens is 1. The largest absolute Gasteiger partial charge is 0.378 e. The van der Waals surface area contributed by atoms with Crippen LogP contribution >= 0.6 is 0 Å². The molecule has 0 radical (unpaired) electrons. The molecule has 2 saturated heterocycles. The smallest absolute Gasteiger partial charge is 0.130 e. The van der Waals surface area contributed by atoms with Gasteiger partial charge >= 0.3 is 0 Å². The number of H-pyrrole nitrogens is 1. The highest BCUT2D eigenvalue weighted by atomic mass is 19.1. The van der Waals surface area contributed by atoms with Gasteiger partial charge in [-0.1, -0.05) is 18.2 Å². The predicted molar refractivity (Wildman–Crippen MR) is 163 cm³/mol. The highest BCUT2D eigenvalue weighted by Gasteiger charge is 2.27. The zero-order valence-corrected chi connectivity index (χ0v) is 24.1. The van der Waals surface area contributed by atoms with Crippen LogP contribution in [0, 0.1) is 11.2 Å². The van der Waals surface area contributed by atoms with Gasteiger partial charge in [0.15, 0.2) is 0 Å². The number of hydrogen-bond donors (Lipinski definition) is 3. The molecule has 1 unspecified atom stereocenters. The first-order valence-electron chi connectivity index (χ1n) is 14.7. The third kappa shape index (κ3) is 8.01. The minimum absolute atomic E-state index is 0.0128. The van der Waals surface area contributed by atoms with Crippen LogP contribution in [-0.4, -0.2) is 103 Å². The Hall–Kier alpha value is -3.64. The molecule has 0 amide bonds. The summed E-state index contributed by atoms with van der Waals surface area (Å²) in [7, 11) is 0. The first-order valence-corrected chi connectivity index (χ1v) is 14.7. The van der Waals surface area contributed by atoms with Crippen molar-refractivity contribution in [1.29, 1.82) is 5.41 Å². The van der Waals surface area contributed by atoms with Gasteiger partial charge in [0.1, 0.15) is 23.3 Å². The van der Waals surface area contributed by atoms with Gasteiger partial charge in [0.25, 0.3) is 0 Å². The Labute approximate surface area is 246 Å². The molecule has 1 aromatic carbocycles. The number of ether oxygens (including phenoxy) is 2. The Balaban J connectivity index is 1.11. The van der Waals surface area contributed by atoms with E-state index in [9.17, 15) is 4.39 Å². The van der Waals surface area contributed by atoms with Gasteiger partial charge in [-0.25, -0.2) is 14.4 Å². The Morgan fingerprint density at radius 2 is 1.86 bits per heavy atom. The lowest BCUT2D eigenvalue weighted by Crippen LogP contribution is -2.47. The number of imidazole rings is 1. The average molecular weight is 577 g/mol. The SMILES string of the molecule is N=C(C=Cc1ncc(-c2cccc(N3CCN(CCOCCOCCN)CC3)n2)[nH]1)N1CCCC1c1cccc(F)c1. The summed E-state index contributed by atoms with van der Waals surface area (Å²) in [5.74, 6) is 1.75. The minimum Gasteiger partial charge on any atom is -0.378 e. The zero-order valence-electron chi connectivity index (χ0n) is 24.1. The van der Waals surface area contributed by atoms with Crippen molar-refractivity contribution in [3.63, 3.8) is 0 Å². The summed E-state index contributed by atoms with van der Waals surface area (Å²) in [6.07, 6.45) is 7.22. The third-order valence-electron chi connectivity index (χ3n) is 7.68. The van der Waals surface area contributed by atoms with Crippen LogP contribution in [0.25, 0.3) is 17.5 Å². The van der Waals surface area contributed by atoms with Gasteiger partial charge < -0.3 is 30.0 Å². The van der Waals surface area contributed by atoms with Crippen LogP contribution in [0.5, 0.6) is 0 Å². The minimum atomic E-state index is -0.244. The summed E-state index contributed by atoms with van der Waals surface area (Å²) in [5.41, 5.74) is 7.98. The van der Waals surface area contributed by atoms with Crippen molar-refractivity contribution >= 4 is 17.7 Å². The van der Waals surface area contributed by atoms with Crippen molar-refractivity contribution in [2.75, 3.05) is 77.1 Å². The fourth-order valence-electron chi connectivity index (χ4n) is 5.47. The van der Waals surface area contributed by atoms with Crippen molar-refractivity contribution in [3.8, 4) is 11.4 Å². The molecule has 3 aromatic rings. The van der Waals surface area contributed by atoms with Crippen LogP contribution in [0.1, 0.15) is 30.3 Å².